The van der Waals surface area contributed by atoms with Crippen LogP contribution >= 0.6 is 11.8 Å². The van der Waals surface area contributed by atoms with Crippen molar-refractivity contribution in [2.75, 3.05) is 12.3 Å². The molecule has 0 radical (unpaired) electrons. The molecular formula is C15H27NO3S. The molecule has 0 aliphatic carbocycles. The number of hydrogen-bond acceptors (Lipinski definition) is 4. The van der Waals surface area contributed by atoms with Crippen LogP contribution in [0.25, 0.3) is 0 Å². The molecular weight excluding hydrogens is 274 g/mol. The van der Waals surface area contributed by atoms with E-state index >= 15 is 0 Å². The molecule has 1 aliphatic rings. The number of carbonyl (C=O) groups excluding carboxylic acids is 2. The smallest absolute Gasteiger partial charge is 0.307 e. The Balaban J connectivity index is 2.34. The van der Waals surface area contributed by atoms with E-state index in [0.29, 0.717) is 12.2 Å². The molecule has 20 heavy (non-hydrogen) atoms. The topological polar surface area (TPSA) is 46.6 Å². The van der Waals surface area contributed by atoms with Gasteiger partial charge in [0.25, 0.3) is 0 Å². The monoisotopic (exact) mass is 301 g/mol. The fraction of sp³-hybridized carbons (Fsp3) is 0.867. The first-order chi connectivity index (χ1) is 9.20. The van der Waals surface area contributed by atoms with Crippen LogP contribution in [0.4, 0.5) is 0 Å². The Kier molecular flexibility index (Phi) is 6.37. The molecule has 1 unspecified atom stereocenters. The van der Waals surface area contributed by atoms with Crippen molar-refractivity contribution in [3.05, 3.63) is 0 Å². The number of esters is 1. The van der Waals surface area contributed by atoms with Gasteiger partial charge in [-0.3, -0.25) is 9.59 Å². The summed E-state index contributed by atoms with van der Waals surface area (Å²) in [5.74, 6) is 0.687. The zero-order valence-electron chi connectivity index (χ0n) is 13.3. The molecule has 1 atom stereocenters. The lowest BCUT2D eigenvalue weighted by molar-refractivity contribution is -0.154. The SMILES string of the molecule is CC(C)N1CCCC(SCCC(=O)OC(C)(C)C)C1=O. The van der Waals surface area contributed by atoms with E-state index in [9.17, 15) is 9.59 Å². The Morgan fingerprint density at radius 2 is 2.10 bits per heavy atom. The number of ether oxygens (including phenoxy) is 1. The third-order valence-corrected chi connectivity index (χ3v) is 4.37. The van der Waals surface area contributed by atoms with Gasteiger partial charge in [-0.2, -0.15) is 0 Å². The van der Waals surface area contributed by atoms with Gasteiger partial charge in [-0.25, -0.2) is 0 Å². The minimum atomic E-state index is -0.434. The minimum absolute atomic E-state index is 0.00795. The lowest BCUT2D eigenvalue weighted by Crippen LogP contribution is -2.46. The van der Waals surface area contributed by atoms with Gasteiger partial charge in [-0.1, -0.05) is 0 Å². The number of likely N-dealkylation sites (tertiary alicyclic amines) is 1. The van der Waals surface area contributed by atoms with Crippen molar-refractivity contribution in [1.29, 1.82) is 0 Å². The highest BCUT2D eigenvalue weighted by Crippen LogP contribution is 2.25. The fourth-order valence-corrected chi connectivity index (χ4v) is 3.39. The number of thioether (sulfide) groups is 1. The van der Waals surface area contributed by atoms with Gasteiger partial charge in [0, 0.05) is 18.3 Å². The highest BCUT2D eigenvalue weighted by atomic mass is 32.2. The highest BCUT2D eigenvalue weighted by Gasteiger charge is 2.30. The molecule has 0 N–H and O–H groups in total. The van der Waals surface area contributed by atoms with E-state index in [1.54, 1.807) is 11.8 Å². The van der Waals surface area contributed by atoms with Crippen LogP contribution in [-0.2, 0) is 14.3 Å². The zero-order chi connectivity index (χ0) is 15.3. The van der Waals surface area contributed by atoms with Crippen molar-refractivity contribution < 1.29 is 14.3 Å². The predicted octanol–water partition coefficient (Wildman–Crippen LogP) is 2.85. The third kappa shape index (κ3) is 5.73. The molecule has 116 valence electrons. The van der Waals surface area contributed by atoms with E-state index in [-0.39, 0.29) is 23.2 Å². The summed E-state index contributed by atoms with van der Waals surface area (Å²) < 4.78 is 5.27. The summed E-state index contributed by atoms with van der Waals surface area (Å²) in [5.41, 5.74) is -0.434. The van der Waals surface area contributed by atoms with Gasteiger partial charge >= 0.3 is 5.97 Å². The van der Waals surface area contributed by atoms with Crippen molar-refractivity contribution in [2.45, 2.75) is 70.8 Å². The van der Waals surface area contributed by atoms with Crippen LogP contribution < -0.4 is 0 Å². The van der Waals surface area contributed by atoms with E-state index in [0.717, 1.165) is 19.4 Å². The molecule has 4 nitrogen and oxygen atoms in total. The summed E-state index contributed by atoms with van der Waals surface area (Å²) in [6, 6.07) is 0.261. The molecule has 0 aromatic carbocycles. The number of piperidine rings is 1. The molecule has 1 amide bonds. The molecule has 1 saturated heterocycles. The Hall–Kier alpha value is -0.710. The highest BCUT2D eigenvalue weighted by molar-refractivity contribution is 8.00. The second-order valence-electron chi connectivity index (χ2n) is 6.46. The van der Waals surface area contributed by atoms with E-state index in [1.165, 1.54) is 0 Å². The van der Waals surface area contributed by atoms with Gasteiger partial charge in [0.15, 0.2) is 0 Å². The molecule has 1 heterocycles. The molecule has 0 spiro atoms. The summed E-state index contributed by atoms with van der Waals surface area (Å²) >= 11 is 1.59. The van der Waals surface area contributed by atoms with Crippen LogP contribution in [0.5, 0.6) is 0 Å². The number of carbonyl (C=O) groups is 2. The first-order valence-corrected chi connectivity index (χ1v) is 8.39. The van der Waals surface area contributed by atoms with E-state index in [2.05, 4.69) is 0 Å². The van der Waals surface area contributed by atoms with Crippen LogP contribution in [-0.4, -0.2) is 46.0 Å². The number of nitrogens with zero attached hydrogens (tertiary/aromatic N) is 1. The van der Waals surface area contributed by atoms with Gasteiger partial charge in [0.05, 0.1) is 11.7 Å². The average molecular weight is 301 g/mol. The second-order valence-corrected chi connectivity index (χ2v) is 7.77. The standard InChI is InChI=1S/C15H27NO3S/c1-11(2)16-9-6-7-12(14(16)18)20-10-8-13(17)19-15(3,4)5/h11-12H,6-10H2,1-5H3. The summed E-state index contributed by atoms with van der Waals surface area (Å²) in [5, 5.41) is 0.00795. The maximum atomic E-state index is 12.3. The first-order valence-electron chi connectivity index (χ1n) is 7.34. The van der Waals surface area contributed by atoms with E-state index in [1.807, 2.05) is 39.5 Å². The molecule has 1 aliphatic heterocycles. The third-order valence-electron chi connectivity index (χ3n) is 3.09. The summed E-state index contributed by atoms with van der Waals surface area (Å²) in [6.45, 7) is 10.5. The molecule has 0 aromatic heterocycles. The predicted molar refractivity (Wildman–Crippen MR) is 82.8 cm³/mol. The minimum Gasteiger partial charge on any atom is -0.460 e. The Morgan fingerprint density at radius 1 is 1.45 bits per heavy atom. The molecule has 1 rings (SSSR count). The Bertz CT molecular complexity index is 350. The number of amides is 1. The Labute approximate surface area is 126 Å². The van der Waals surface area contributed by atoms with E-state index < -0.39 is 5.60 Å². The van der Waals surface area contributed by atoms with Gasteiger partial charge in [-0.15, -0.1) is 11.8 Å². The molecule has 0 saturated carbocycles. The van der Waals surface area contributed by atoms with Crippen molar-refractivity contribution in [1.82, 2.24) is 4.90 Å². The van der Waals surface area contributed by atoms with E-state index in [4.69, 9.17) is 4.74 Å². The molecule has 1 fully saturated rings. The summed E-state index contributed by atoms with van der Waals surface area (Å²) in [7, 11) is 0. The summed E-state index contributed by atoms with van der Waals surface area (Å²) in [4.78, 5) is 25.8. The van der Waals surface area contributed by atoms with Crippen LogP contribution in [0, 0.1) is 0 Å². The lowest BCUT2D eigenvalue weighted by Gasteiger charge is -2.34. The fourth-order valence-electron chi connectivity index (χ4n) is 2.21. The zero-order valence-corrected chi connectivity index (χ0v) is 14.1. The maximum Gasteiger partial charge on any atom is 0.307 e. The van der Waals surface area contributed by atoms with Gasteiger partial charge < -0.3 is 9.64 Å². The van der Waals surface area contributed by atoms with Gasteiger partial charge in [0.2, 0.25) is 5.91 Å². The van der Waals surface area contributed by atoms with Gasteiger partial charge in [-0.05, 0) is 47.5 Å². The van der Waals surface area contributed by atoms with Crippen molar-refractivity contribution >= 4 is 23.6 Å². The normalized spacial score (nSPS) is 20.4. The maximum absolute atomic E-state index is 12.3. The summed E-state index contributed by atoms with van der Waals surface area (Å²) in [6.07, 6.45) is 2.34. The first kappa shape index (κ1) is 17.3. The van der Waals surface area contributed by atoms with Crippen molar-refractivity contribution in [2.24, 2.45) is 0 Å². The quantitative estimate of drug-likeness (QED) is 0.733. The Morgan fingerprint density at radius 3 is 2.65 bits per heavy atom. The molecule has 0 aromatic rings. The van der Waals surface area contributed by atoms with Crippen molar-refractivity contribution in [3.8, 4) is 0 Å². The van der Waals surface area contributed by atoms with Crippen LogP contribution in [0.2, 0.25) is 0 Å². The second kappa shape index (κ2) is 7.34. The average Bonchev–Trinajstić information content (AvgIpc) is 2.28. The number of rotatable bonds is 5. The van der Waals surface area contributed by atoms with Crippen LogP contribution in [0.1, 0.15) is 53.9 Å². The number of hydrogen-bond donors (Lipinski definition) is 0. The van der Waals surface area contributed by atoms with Crippen LogP contribution in [0.15, 0.2) is 0 Å². The van der Waals surface area contributed by atoms with Crippen molar-refractivity contribution in [3.63, 3.8) is 0 Å². The molecule has 5 heteroatoms. The van der Waals surface area contributed by atoms with Crippen LogP contribution in [0.3, 0.4) is 0 Å². The molecule has 0 bridgehead atoms. The van der Waals surface area contributed by atoms with Gasteiger partial charge in [0.1, 0.15) is 5.60 Å². The lowest BCUT2D eigenvalue weighted by atomic mass is 10.1. The largest absolute Gasteiger partial charge is 0.460 e.